The topological polar surface area (TPSA) is 85.8 Å². The molecule has 0 heterocycles. The maximum atomic E-state index is 12.4. The van der Waals surface area contributed by atoms with Gasteiger partial charge in [-0.1, -0.05) is 44.2 Å². The summed E-state index contributed by atoms with van der Waals surface area (Å²) in [5.41, 5.74) is 2.10. The average molecular weight is 557 g/mol. The van der Waals surface area contributed by atoms with Gasteiger partial charge in [-0.25, -0.2) is 4.99 Å². The van der Waals surface area contributed by atoms with Crippen molar-refractivity contribution < 1.29 is 9.90 Å². The first-order valence-corrected chi connectivity index (χ1v) is 12.2. The Morgan fingerprint density at radius 1 is 1.12 bits per heavy atom. The predicted molar refractivity (Wildman–Crippen MR) is 142 cm³/mol. The van der Waals surface area contributed by atoms with Crippen LogP contribution in [0.3, 0.4) is 0 Å². The van der Waals surface area contributed by atoms with Gasteiger partial charge in [0, 0.05) is 31.3 Å². The molecular weight excluding hydrogens is 515 g/mol. The lowest BCUT2D eigenvalue weighted by atomic mass is 9.72. The molecule has 0 aromatic heterocycles. The van der Waals surface area contributed by atoms with E-state index < -0.39 is 0 Å². The van der Waals surface area contributed by atoms with Crippen LogP contribution in [0.25, 0.3) is 0 Å². The Labute approximate surface area is 210 Å². The smallest absolute Gasteiger partial charge is 0.227 e. The molecule has 1 amide bonds. The number of carbonyl (C=O) groups excluding carboxylic acids is 1. The van der Waals surface area contributed by atoms with E-state index in [9.17, 15) is 9.90 Å². The summed E-state index contributed by atoms with van der Waals surface area (Å²) in [5.74, 6) is 1.12. The summed E-state index contributed by atoms with van der Waals surface area (Å²) in [6, 6.07) is 8.00. The van der Waals surface area contributed by atoms with E-state index in [1.54, 1.807) is 0 Å². The van der Waals surface area contributed by atoms with Gasteiger partial charge in [0.15, 0.2) is 5.96 Å². The second-order valence-corrected chi connectivity index (χ2v) is 9.25. The average Bonchev–Trinajstić information content (AvgIpc) is 3.32. The zero-order chi connectivity index (χ0) is 21.9. The third-order valence-electron chi connectivity index (χ3n) is 6.87. The van der Waals surface area contributed by atoms with E-state index in [2.05, 4.69) is 22.9 Å². The third-order valence-corrected chi connectivity index (χ3v) is 6.87. The number of nitrogens with one attached hydrogen (secondary N) is 3. The minimum Gasteiger partial charge on any atom is -0.396 e. The fraction of sp³-hybridized carbons (Fsp3) is 0.680. The summed E-state index contributed by atoms with van der Waals surface area (Å²) in [6.07, 6.45) is 11.3. The molecule has 0 atom stereocenters. The van der Waals surface area contributed by atoms with E-state index in [0.29, 0.717) is 6.54 Å². The zero-order valence-electron chi connectivity index (χ0n) is 19.5. The van der Waals surface area contributed by atoms with Crippen LogP contribution in [0.15, 0.2) is 29.3 Å². The minimum atomic E-state index is 0. The quantitative estimate of drug-likeness (QED) is 0.200. The zero-order valence-corrected chi connectivity index (χ0v) is 21.8. The Balaban J connectivity index is 0.00000363. The molecule has 0 spiro atoms. The molecule has 4 N–H and O–H groups in total. The Hall–Kier alpha value is -1.35. The van der Waals surface area contributed by atoms with Crippen LogP contribution >= 0.6 is 24.0 Å². The number of aliphatic imine (C=N–C) groups is 1. The van der Waals surface area contributed by atoms with Crippen molar-refractivity contribution in [2.45, 2.75) is 77.7 Å². The van der Waals surface area contributed by atoms with Gasteiger partial charge in [-0.3, -0.25) is 4.79 Å². The molecule has 7 heteroatoms. The Kier molecular flexibility index (Phi) is 11.8. The molecule has 2 saturated carbocycles. The highest BCUT2D eigenvalue weighted by molar-refractivity contribution is 14.0. The van der Waals surface area contributed by atoms with Gasteiger partial charge in [0.2, 0.25) is 5.91 Å². The van der Waals surface area contributed by atoms with Crippen molar-refractivity contribution in [2.75, 3.05) is 25.0 Å². The molecule has 0 radical (unpaired) electrons. The summed E-state index contributed by atoms with van der Waals surface area (Å²) in [5, 5.41) is 19.5. The van der Waals surface area contributed by atoms with Crippen LogP contribution in [0, 0.1) is 11.3 Å². The lowest BCUT2D eigenvalue weighted by molar-refractivity contribution is -0.119. The first-order valence-electron chi connectivity index (χ1n) is 12.2. The number of aliphatic hydroxyl groups excluding tert-OH is 1. The fourth-order valence-corrected chi connectivity index (χ4v) is 5.02. The number of halogens is 1. The molecule has 1 aromatic rings. The molecule has 0 saturated heterocycles. The van der Waals surface area contributed by atoms with Crippen molar-refractivity contribution in [2.24, 2.45) is 16.3 Å². The van der Waals surface area contributed by atoms with Crippen LogP contribution in [0.1, 0.15) is 76.7 Å². The first kappa shape index (κ1) is 26.9. The molecule has 0 aliphatic heterocycles. The molecule has 2 aliphatic carbocycles. The Morgan fingerprint density at radius 3 is 2.56 bits per heavy atom. The van der Waals surface area contributed by atoms with E-state index in [4.69, 9.17) is 4.99 Å². The van der Waals surface area contributed by atoms with Crippen LogP contribution in [0.5, 0.6) is 0 Å². The van der Waals surface area contributed by atoms with E-state index in [1.165, 1.54) is 32.1 Å². The molecule has 0 unspecified atom stereocenters. The number of carbonyl (C=O) groups is 1. The molecule has 180 valence electrons. The third kappa shape index (κ3) is 8.21. The Bertz CT molecular complexity index is 723. The molecular formula is C25H41IN4O2. The highest BCUT2D eigenvalue weighted by Gasteiger charge is 2.31. The normalized spacial score (nSPS) is 18.6. The highest BCUT2D eigenvalue weighted by Crippen LogP contribution is 2.38. The molecule has 0 bridgehead atoms. The van der Waals surface area contributed by atoms with Crippen LogP contribution < -0.4 is 16.0 Å². The monoisotopic (exact) mass is 556 g/mol. The SMILES string of the molecule is CCNC(=NCc1cccc(NC(=O)C2CCCC2)c1)NCC1(CCO)CCCCC1.I. The van der Waals surface area contributed by atoms with Crippen molar-refractivity contribution >= 4 is 41.5 Å². The number of nitrogens with zero attached hydrogens (tertiary/aromatic N) is 1. The van der Waals surface area contributed by atoms with Gasteiger partial charge in [-0.05, 0) is 62.1 Å². The number of amides is 1. The second-order valence-electron chi connectivity index (χ2n) is 9.25. The number of benzene rings is 1. The van der Waals surface area contributed by atoms with Gasteiger partial charge in [-0.15, -0.1) is 24.0 Å². The number of guanidine groups is 1. The van der Waals surface area contributed by atoms with E-state index >= 15 is 0 Å². The molecule has 2 aliphatic rings. The van der Waals surface area contributed by atoms with Crippen molar-refractivity contribution in [1.82, 2.24) is 10.6 Å². The standard InChI is InChI=1S/C25H40N4O2.HI/c1-2-26-24(28-19-25(15-16-30)13-6-3-7-14-25)27-18-20-9-8-12-22(17-20)29-23(31)21-10-4-5-11-21;/h8-9,12,17,21,30H,2-7,10-11,13-16,18-19H2,1H3,(H,29,31)(H2,26,27,28);1H. The summed E-state index contributed by atoms with van der Waals surface area (Å²) >= 11 is 0. The summed E-state index contributed by atoms with van der Waals surface area (Å²) in [7, 11) is 0. The molecule has 32 heavy (non-hydrogen) atoms. The van der Waals surface area contributed by atoms with E-state index in [0.717, 1.165) is 62.4 Å². The minimum absolute atomic E-state index is 0. The molecule has 1 aromatic carbocycles. The van der Waals surface area contributed by atoms with Crippen LogP contribution in [-0.4, -0.2) is 36.7 Å². The number of hydrogen-bond donors (Lipinski definition) is 4. The van der Waals surface area contributed by atoms with Crippen molar-refractivity contribution in [3.05, 3.63) is 29.8 Å². The summed E-state index contributed by atoms with van der Waals surface area (Å²) in [6.45, 7) is 4.51. The van der Waals surface area contributed by atoms with Gasteiger partial charge in [-0.2, -0.15) is 0 Å². The molecule has 3 rings (SSSR count). The van der Waals surface area contributed by atoms with Gasteiger partial charge >= 0.3 is 0 Å². The highest BCUT2D eigenvalue weighted by atomic mass is 127. The fourth-order valence-electron chi connectivity index (χ4n) is 5.02. The maximum absolute atomic E-state index is 12.4. The lowest BCUT2D eigenvalue weighted by Crippen LogP contribution is -2.44. The van der Waals surface area contributed by atoms with Crippen LogP contribution in [-0.2, 0) is 11.3 Å². The number of hydrogen-bond acceptors (Lipinski definition) is 3. The lowest BCUT2D eigenvalue weighted by Gasteiger charge is -2.37. The number of rotatable bonds is 9. The van der Waals surface area contributed by atoms with E-state index in [1.807, 2.05) is 24.3 Å². The first-order chi connectivity index (χ1) is 15.1. The number of anilines is 1. The van der Waals surface area contributed by atoms with Gasteiger partial charge in [0.1, 0.15) is 0 Å². The number of aliphatic hydroxyl groups is 1. The van der Waals surface area contributed by atoms with Gasteiger partial charge in [0.05, 0.1) is 6.54 Å². The Morgan fingerprint density at radius 2 is 1.88 bits per heavy atom. The molecule has 6 nitrogen and oxygen atoms in total. The van der Waals surface area contributed by atoms with Crippen molar-refractivity contribution in [3.63, 3.8) is 0 Å². The summed E-state index contributed by atoms with van der Waals surface area (Å²) in [4.78, 5) is 17.2. The van der Waals surface area contributed by atoms with Crippen molar-refractivity contribution in [3.8, 4) is 0 Å². The van der Waals surface area contributed by atoms with E-state index in [-0.39, 0.29) is 47.8 Å². The largest absolute Gasteiger partial charge is 0.396 e. The predicted octanol–water partition coefficient (Wildman–Crippen LogP) is 4.82. The van der Waals surface area contributed by atoms with Gasteiger partial charge in [0.25, 0.3) is 0 Å². The van der Waals surface area contributed by atoms with Crippen LogP contribution in [0.4, 0.5) is 5.69 Å². The maximum Gasteiger partial charge on any atom is 0.227 e. The van der Waals surface area contributed by atoms with Crippen LogP contribution in [0.2, 0.25) is 0 Å². The van der Waals surface area contributed by atoms with Crippen molar-refractivity contribution in [1.29, 1.82) is 0 Å². The van der Waals surface area contributed by atoms with Gasteiger partial charge < -0.3 is 21.1 Å². The second kappa shape index (κ2) is 14.0. The summed E-state index contributed by atoms with van der Waals surface area (Å²) < 4.78 is 0. The molecule has 2 fully saturated rings.